The Hall–Kier alpha value is -3.92. The second kappa shape index (κ2) is 9.62. The molecule has 8 nitrogen and oxygen atoms in total. The summed E-state index contributed by atoms with van der Waals surface area (Å²) in [4.78, 5) is 29.0. The Morgan fingerprint density at radius 1 is 0.889 bits per heavy atom. The largest absolute Gasteiger partial charge is 0.459 e. The molecule has 10 heteroatoms. The normalized spacial score (nSPS) is 14.4. The van der Waals surface area contributed by atoms with Gasteiger partial charge in [-0.2, -0.15) is 0 Å². The number of benzene rings is 2. The maximum atomic E-state index is 13.3. The summed E-state index contributed by atoms with van der Waals surface area (Å²) in [6.45, 7) is 1.49. The molecule has 0 N–H and O–H groups in total. The summed E-state index contributed by atoms with van der Waals surface area (Å²) in [6, 6.07) is 15.7. The molecule has 2 aromatic carbocycles. The van der Waals surface area contributed by atoms with E-state index in [2.05, 4.69) is 0 Å². The number of aromatic nitrogens is 1. The summed E-state index contributed by atoms with van der Waals surface area (Å²) in [5.74, 6) is -0.816. The molecule has 1 aliphatic heterocycles. The number of furan rings is 1. The number of nitrogens with zero attached hydrogens (tertiary/aromatic N) is 3. The third-order valence-corrected chi connectivity index (χ3v) is 8.02. The van der Waals surface area contributed by atoms with Crippen LogP contribution in [0.15, 0.2) is 82.4 Å². The summed E-state index contributed by atoms with van der Waals surface area (Å²) in [6.07, 6.45) is 2.95. The molecule has 1 fully saturated rings. The van der Waals surface area contributed by atoms with Crippen LogP contribution in [-0.2, 0) is 26.9 Å². The van der Waals surface area contributed by atoms with Crippen molar-refractivity contribution < 1.29 is 26.8 Å². The van der Waals surface area contributed by atoms with Crippen molar-refractivity contribution in [1.29, 1.82) is 0 Å². The van der Waals surface area contributed by atoms with E-state index in [1.54, 1.807) is 50.8 Å². The Morgan fingerprint density at radius 3 is 2.28 bits per heavy atom. The summed E-state index contributed by atoms with van der Waals surface area (Å²) in [7, 11) is -3.75. The molecule has 0 bridgehead atoms. The lowest BCUT2D eigenvalue weighted by Gasteiger charge is -2.34. The molecule has 2 amide bonds. The number of hydrogen-bond donors (Lipinski definition) is 0. The molecule has 5 rings (SSSR count). The number of carbonyl (C=O) groups excluding carboxylic acids is 2. The van der Waals surface area contributed by atoms with Gasteiger partial charge in [-0.25, -0.2) is 12.8 Å². The molecule has 186 valence electrons. The smallest absolute Gasteiger partial charge is 0.289 e. The van der Waals surface area contributed by atoms with Gasteiger partial charge in [-0.15, -0.1) is 0 Å². The fourth-order valence-corrected chi connectivity index (χ4v) is 6.01. The molecular formula is C26H24FN3O5S. The zero-order chi connectivity index (χ0) is 25.3. The average molecular weight is 510 g/mol. The molecule has 0 aliphatic carbocycles. The van der Waals surface area contributed by atoms with Crippen LogP contribution in [0, 0.1) is 5.82 Å². The number of fused-ring (bicyclic) bond motifs is 1. The van der Waals surface area contributed by atoms with Crippen molar-refractivity contribution in [1.82, 2.24) is 14.4 Å². The fraction of sp³-hybridized carbons (Fsp3) is 0.231. The number of amides is 2. The molecule has 0 atom stereocenters. The Labute approximate surface area is 207 Å². The van der Waals surface area contributed by atoms with Crippen molar-refractivity contribution in [2.75, 3.05) is 26.2 Å². The van der Waals surface area contributed by atoms with Crippen LogP contribution in [0.1, 0.15) is 16.1 Å². The predicted molar refractivity (Wildman–Crippen MR) is 130 cm³/mol. The van der Waals surface area contributed by atoms with Crippen molar-refractivity contribution in [3.63, 3.8) is 0 Å². The topological polar surface area (TPSA) is 92.8 Å². The standard InChI is InChI=1S/C26H24FN3O5S/c27-20-9-7-19(8-10-20)18-36(33,34)24-16-30(22-5-2-1-4-21(22)24)17-25(31)28-11-13-29(14-12-28)26(32)23-6-3-15-35-23/h1-10,15-16H,11-14,17-18H2. The lowest BCUT2D eigenvalue weighted by Crippen LogP contribution is -2.51. The second-order valence-electron chi connectivity index (χ2n) is 8.67. The van der Waals surface area contributed by atoms with Crippen molar-refractivity contribution in [2.45, 2.75) is 17.2 Å². The van der Waals surface area contributed by atoms with Crippen molar-refractivity contribution in [3.05, 3.63) is 90.3 Å². The molecule has 0 spiro atoms. The van der Waals surface area contributed by atoms with Crippen LogP contribution >= 0.6 is 0 Å². The summed E-state index contributed by atoms with van der Waals surface area (Å²) in [5, 5.41) is 0.529. The Morgan fingerprint density at radius 2 is 1.58 bits per heavy atom. The predicted octanol–water partition coefficient (Wildman–Crippen LogP) is 3.33. The first-order chi connectivity index (χ1) is 17.3. The minimum atomic E-state index is -3.75. The third-order valence-electron chi connectivity index (χ3n) is 6.31. The van der Waals surface area contributed by atoms with Crippen LogP contribution in [0.3, 0.4) is 0 Å². The van der Waals surface area contributed by atoms with Gasteiger partial charge >= 0.3 is 0 Å². The van der Waals surface area contributed by atoms with Crippen LogP contribution < -0.4 is 0 Å². The van der Waals surface area contributed by atoms with Gasteiger partial charge in [0.2, 0.25) is 5.91 Å². The van der Waals surface area contributed by atoms with Crippen LogP contribution in [-0.4, -0.2) is 60.8 Å². The first-order valence-corrected chi connectivity index (χ1v) is 13.1. The summed E-state index contributed by atoms with van der Waals surface area (Å²) >= 11 is 0. The van der Waals surface area contributed by atoms with Gasteiger partial charge < -0.3 is 18.8 Å². The monoisotopic (exact) mass is 509 g/mol. The molecule has 1 saturated heterocycles. The Kier molecular flexibility index (Phi) is 6.36. The molecular weight excluding hydrogens is 485 g/mol. The van der Waals surface area contributed by atoms with Gasteiger partial charge in [0.05, 0.1) is 16.9 Å². The van der Waals surface area contributed by atoms with Crippen LogP contribution in [0.5, 0.6) is 0 Å². The van der Waals surface area contributed by atoms with Gasteiger partial charge in [0, 0.05) is 43.3 Å². The highest BCUT2D eigenvalue weighted by molar-refractivity contribution is 7.90. The number of piperazine rings is 1. The lowest BCUT2D eigenvalue weighted by atomic mass is 10.2. The number of halogens is 1. The average Bonchev–Trinajstić information content (AvgIpc) is 3.54. The maximum absolute atomic E-state index is 13.3. The highest BCUT2D eigenvalue weighted by atomic mass is 32.2. The molecule has 0 saturated carbocycles. The molecule has 4 aromatic rings. The van der Waals surface area contributed by atoms with Crippen molar-refractivity contribution in [3.8, 4) is 0 Å². The van der Waals surface area contributed by atoms with E-state index >= 15 is 0 Å². The summed E-state index contributed by atoms with van der Waals surface area (Å²) < 4.78 is 46.6. The number of para-hydroxylation sites is 1. The van der Waals surface area contributed by atoms with E-state index in [1.165, 1.54) is 36.7 Å². The minimum absolute atomic E-state index is 0.0291. The quantitative estimate of drug-likeness (QED) is 0.398. The van der Waals surface area contributed by atoms with Gasteiger partial charge in [0.15, 0.2) is 15.6 Å². The zero-order valence-corrected chi connectivity index (χ0v) is 20.2. The number of hydrogen-bond acceptors (Lipinski definition) is 5. The van der Waals surface area contributed by atoms with Crippen molar-refractivity contribution in [2.24, 2.45) is 0 Å². The molecule has 0 unspecified atom stereocenters. The second-order valence-corrected chi connectivity index (χ2v) is 10.6. The number of sulfone groups is 1. The van der Waals surface area contributed by atoms with Gasteiger partial charge in [-0.05, 0) is 35.9 Å². The maximum Gasteiger partial charge on any atom is 0.289 e. The van der Waals surface area contributed by atoms with E-state index in [0.29, 0.717) is 42.6 Å². The molecule has 0 radical (unpaired) electrons. The van der Waals surface area contributed by atoms with E-state index in [9.17, 15) is 22.4 Å². The highest BCUT2D eigenvalue weighted by Gasteiger charge is 2.27. The van der Waals surface area contributed by atoms with E-state index in [-0.39, 0.29) is 34.8 Å². The first-order valence-electron chi connectivity index (χ1n) is 11.5. The SMILES string of the molecule is O=C(Cn1cc(S(=O)(=O)Cc2ccc(F)cc2)c2ccccc21)N1CCN(C(=O)c2ccco2)CC1. The Balaban J connectivity index is 1.32. The molecule has 36 heavy (non-hydrogen) atoms. The highest BCUT2D eigenvalue weighted by Crippen LogP contribution is 2.28. The number of rotatable bonds is 6. The van der Waals surface area contributed by atoms with E-state index in [4.69, 9.17) is 4.42 Å². The van der Waals surface area contributed by atoms with Crippen LogP contribution in [0.2, 0.25) is 0 Å². The van der Waals surface area contributed by atoms with E-state index < -0.39 is 15.7 Å². The Bertz CT molecular complexity index is 1500. The van der Waals surface area contributed by atoms with E-state index in [1.807, 2.05) is 0 Å². The van der Waals surface area contributed by atoms with Crippen LogP contribution in [0.4, 0.5) is 4.39 Å². The molecule has 2 aromatic heterocycles. The van der Waals surface area contributed by atoms with Crippen molar-refractivity contribution >= 4 is 32.6 Å². The van der Waals surface area contributed by atoms with Gasteiger partial charge in [0.25, 0.3) is 5.91 Å². The van der Waals surface area contributed by atoms with Crippen LogP contribution in [0.25, 0.3) is 10.9 Å². The number of carbonyl (C=O) groups is 2. The molecule has 3 heterocycles. The van der Waals surface area contributed by atoms with E-state index in [0.717, 1.165) is 0 Å². The fourth-order valence-electron chi connectivity index (χ4n) is 4.43. The first kappa shape index (κ1) is 23.8. The zero-order valence-electron chi connectivity index (χ0n) is 19.3. The van der Waals surface area contributed by atoms with Gasteiger partial charge in [-0.3, -0.25) is 9.59 Å². The molecule has 1 aliphatic rings. The minimum Gasteiger partial charge on any atom is -0.459 e. The van der Waals surface area contributed by atoms with Gasteiger partial charge in [0.1, 0.15) is 12.4 Å². The van der Waals surface area contributed by atoms with Gasteiger partial charge in [-0.1, -0.05) is 30.3 Å². The summed E-state index contributed by atoms with van der Waals surface area (Å²) in [5.41, 5.74) is 1.11. The lowest BCUT2D eigenvalue weighted by molar-refractivity contribution is -0.133. The third kappa shape index (κ3) is 4.76.